The Labute approximate surface area is 241 Å². The average molecular weight is 551 g/mol. The lowest BCUT2D eigenvalue weighted by Crippen LogP contribution is -2.47. The topological polar surface area (TPSA) is 90.7 Å². The molecule has 0 spiro atoms. The third-order valence-electron chi connectivity index (χ3n) is 10.4. The zero-order valence-corrected chi connectivity index (χ0v) is 25.8. The van der Waals surface area contributed by atoms with E-state index >= 15 is 0 Å². The predicted molar refractivity (Wildman–Crippen MR) is 159 cm³/mol. The molecule has 6 heteroatoms. The standard InChI is InChI=1S/C34H50N2O4/c1-18(2)24-13-11-20(5)16-27(24)32-26(10-9-15-35-32)31-29(33(37)38)22(7)36(23(8)30(31)34(39)40)28-17-21(6)12-14-25(28)19(3)4/h9-10,15,18-21,24-25,27-28,31H,11-14,16-17H2,1-8H3,(H,37,38)(H,39,40). The second-order valence-corrected chi connectivity index (χ2v) is 13.7. The van der Waals surface area contributed by atoms with Gasteiger partial charge in [-0.1, -0.05) is 60.5 Å². The minimum atomic E-state index is -1.05. The lowest BCUT2D eigenvalue weighted by atomic mass is 9.66. The van der Waals surface area contributed by atoms with Gasteiger partial charge in [0.25, 0.3) is 0 Å². The van der Waals surface area contributed by atoms with Crippen molar-refractivity contribution in [2.45, 2.75) is 112 Å². The van der Waals surface area contributed by atoms with E-state index in [2.05, 4.69) is 46.4 Å². The van der Waals surface area contributed by atoms with Crippen molar-refractivity contribution in [3.05, 3.63) is 52.1 Å². The maximum atomic E-state index is 13.1. The molecule has 0 bridgehead atoms. The van der Waals surface area contributed by atoms with Gasteiger partial charge in [0, 0.05) is 35.2 Å². The van der Waals surface area contributed by atoms with Crippen molar-refractivity contribution in [3.63, 3.8) is 0 Å². The van der Waals surface area contributed by atoms with E-state index in [0.717, 1.165) is 43.4 Å². The summed E-state index contributed by atoms with van der Waals surface area (Å²) >= 11 is 0. The van der Waals surface area contributed by atoms with E-state index in [1.165, 1.54) is 6.42 Å². The fraction of sp³-hybridized carbons (Fsp3) is 0.676. The Morgan fingerprint density at radius 3 is 1.90 bits per heavy atom. The molecule has 1 aromatic heterocycles. The van der Waals surface area contributed by atoms with Crippen LogP contribution in [0.15, 0.2) is 40.9 Å². The summed E-state index contributed by atoms with van der Waals surface area (Å²) in [5.41, 5.74) is 3.35. The van der Waals surface area contributed by atoms with Crippen molar-refractivity contribution in [1.29, 1.82) is 0 Å². The van der Waals surface area contributed by atoms with E-state index in [0.29, 0.717) is 46.9 Å². The first-order chi connectivity index (χ1) is 18.8. The quantitative estimate of drug-likeness (QED) is 0.359. The number of nitrogens with zero attached hydrogens (tertiary/aromatic N) is 2. The van der Waals surface area contributed by atoms with Gasteiger partial charge in [-0.25, -0.2) is 9.59 Å². The van der Waals surface area contributed by atoms with Gasteiger partial charge in [0.1, 0.15) is 0 Å². The van der Waals surface area contributed by atoms with Crippen LogP contribution < -0.4 is 0 Å². The molecular weight excluding hydrogens is 500 g/mol. The molecule has 0 aromatic carbocycles. The summed E-state index contributed by atoms with van der Waals surface area (Å²) in [5, 5.41) is 21.5. The fourth-order valence-corrected chi connectivity index (χ4v) is 8.39. The summed E-state index contributed by atoms with van der Waals surface area (Å²) in [6.07, 6.45) is 8.20. The number of rotatable bonds is 7. The van der Waals surface area contributed by atoms with Crippen molar-refractivity contribution in [2.24, 2.45) is 35.5 Å². The summed E-state index contributed by atoms with van der Waals surface area (Å²) < 4.78 is 0. The number of hydrogen-bond acceptors (Lipinski definition) is 4. The van der Waals surface area contributed by atoms with Gasteiger partial charge in [-0.3, -0.25) is 4.98 Å². The van der Waals surface area contributed by atoms with E-state index in [1.807, 2.05) is 26.0 Å². The molecule has 0 saturated heterocycles. The molecule has 2 heterocycles. The highest BCUT2D eigenvalue weighted by molar-refractivity contribution is 5.98. The van der Waals surface area contributed by atoms with Gasteiger partial charge in [-0.15, -0.1) is 0 Å². The molecule has 1 aromatic rings. The molecule has 0 amide bonds. The van der Waals surface area contributed by atoms with E-state index in [9.17, 15) is 19.8 Å². The molecule has 40 heavy (non-hydrogen) atoms. The number of carbonyl (C=O) groups is 2. The number of carboxylic acids is 2. The van der Waals surface area contributed by atoms with Crippen LogP contribution in [0.25, 0.3) is 0 Å². The summed E-state index contributed by atoms with van der Waals surface area (Å²) in [6.45, 7) is 17.3. The molecule has 4 rings (SSSR count). The number of allylic oxidation sites excluding steroid dienone is 2. The molecule has 2 aliphatic carbocycles. The Balaban J connectivity index is 1.93. The Morgan fingerprint density at radius 2 is 1.38 bits per heavy atom. The van der Waals surface area contributed by atoms with Crippen LogP contribution in [0.5, 0.6) is 0 Å². The van der Waals surface area contributed by atoms with Crippen LogP contribution in [0.2, 0.25) is 0 Å². The Morgan fingerprint density at radius 1 is 0.850 bits per heavy atom. The monoisotopic (exact) mass is 550 g/mol. The van der Waals surface area contributed by atoms with Crippen LogP contribution in [0.1, 0.15) is 117 Å². The highest BCUT2D eigenvalue weighted by Crippen LogP contribution is 2.50. The van der Waals surface area contributed by atoms with Crippen LogP contribution in [0.3, 0.4) is 0 Å². The summed E-state index contributed by atoms with van der Waals surface area (Å²) in [6, 6.07) is 3.85. The van der Waals surface area contributed by atoms with Crippen molar-refractivity contribution in [3.8, 4) is 0 Å². The second kappa shape index (κ2) is 12.1. The van der Waals surface area contributed by atoms with Crippen molar-refractivity contribution in [1.82, 2.24) is 9.88 Å². The molecule has 6 nitrogen and oxygen atoms in total. The summed E-state index contributed by atoms with van der Waals surface area (Å²) in [5.74, 6) is -0.0501. The number of pyridine rings is 1. The zero-order valence-electron chi connectivity index (χ0n) is 25.8. The van der Waals surface area contributed by atoms with Crippen LogP contribution in [0.4, 0.5) is 0 Å². The van der Waals surface area contributed by atoms with Crippen LogP contribution in [-0.2, 0) is 9.59 Å². The summed E-state index contributed by atoms with van der Waals surface area (Å²) in [7, 11) is 0. The third-order valence-corrected chi connectivity index (χ3v) is 10.4. The van der Waals surface area contributed by atoms with Crippen molar-refractivity contribution < 1.29 is 19.8 Å². The Bertz CT molecular complexity index is 1140. The highest BCUT2D eigenvalue weighted by atomic mass is 16.4. The molecule has 6 atom stereocenters. The maximum absolute atomic E-state index is 13.1. The normalized spacial score (nSPS) is 30.4. The SMILES string of the molecule is CC1=C(C(=O)O)C(c2cccnc2C2CC(C)CCC2C(C)C)C(C(=O)O)=C(C)N1C1CC(C)CCC1C(C)C. The van der Waals surface area contributed by atoms with E-state index in [-0.39, 0.29) is 23.1 Å². The predicted octanol–water partition coefficient (Wildman–Crippen LogP) is 7.83. The van der Waals surface area contributed by atoms with E-state index < -0.39 is 17.9 Å². The van der Waals surface area contributed by atoms with Gasteiger partial charge in [0.15, 0.2) is 0 Å². The minimum Gasteiger partial charge on any atom is -0.478 e. The third kappa shape index (κ3) is 5.60. The molecule has 1 aliphatic heterocycles. The van der Waals surface area contributed by atoms with Crippen molar-refractivity contribution >= 4 is 11.9 Å². The molecule has 220 valence electrons. The van der Waals surface area contributed by atoms with Gasteiger partial charge in [-0.2, -0.15) is 0 Å². The van der Waals surface area contributed by atoms with Gasteiger partial charge < -0.3 is 15.1 Å². The van der Waals surface area contributed by atoms with Crippen LogP contribution in [0, 0.1) is 35.5 Å². The number of aliphatic carboxylic acids is 2. The molecule has 2 fully saturated rings. The number of hydrogen-bond donors (Lipinski definition) is 2. The smallest absolute Gasteiger partial charge is 0.334 e. The van der Waals surface area contributed by atoms with Gasteiger partial charge in [0.05, 0.1) is 17.1 Å². The van der Waals surface area contributed by atoms with Gasteiger partial charge in [0.2, 0.25) is 0 Å². The average Bonchev–Trinajstić information content (AvgIpc) is 2.87. The number of aromatic nitrogens is 1. The fourth-order valence-electron chi connectivity index (χ4n) is 8.39. The van der Waals surface area contributed by atoms with E-state index in [1.54, 1.807) is 6.20 Å². The largest absolute Gasteiger partial charge is 0.478 e. The lowest BCUT2D eigenvalue weighted by Gasteiger charge is -2.48. The molecule has 0 radical (unpaired) electrons. The first kappa shape index (κ1) is 30.3. The van der Waals surface area contributed by atoms with Crippen molar-refractivity contribution in [2.75, 3.05) is 0 Å². The molecule has 6 unspecified atom stereocenters. The van der Waals surface area contributed by atoms with Gasteiger partial charge in [-0.05, 0) is 86.7 Å². The zero-order chi connectivity index (χ0) is 29.5. The van der Waals surface area contributed by atoms with Crippen LogP contribution in [-0.4, -0.2) is 38.1 Å². The van der Waals surface area contributed by atoms with Crippen LogP contribution >= 0.6 is 0 Å². The first-order valence-electron chi connectivity index (χ1n) is 15.5. The lowest BCUT2D eigenvalue weighted by molar-refractivity contribution is -0.133. The Hall–Kier alpha value is -2.63. The van der Waals surface area contributed by atoms with E-state index in [4.69, 9.17) is 4.98 Å². The molecular formula is C34H50N2O4. The minimum absolute atomic E-state index is 0.0753. The Kier molecular flexibility index (Phi) is 9.16. The highest BCUT2D eigenvalue weighted by Gasteiger charge is 2.46. The maximum Gasteiger partial charge on any atom is 0.334 e. The molecule has 2 N–H and O–H groups in total. The molecule has 3 aliphatic rings. The summed E-state index contributed by atoms with van der Waals surface area (Å²) in [4.78, 5) is 33.2. The second-order valence-electron chi connectivity index (χ2n) is 13.7. The number of carboxylic acid groups (broad SMARTS) is 2. The van der Waals surface area contributed by atoms with Gasteiger partial charge >= 0.3 is 11.9 Å². The first-order valence-corrected chi connectivity index (χ1v) is 15.5. The molecule has 2 saturated carbocycles.